The number of hydrazine groups is 1. The first-order valence-corrected chi connectivity index (χ1v) is 5.55. The van der Waals surface area contributed by atoms with Gasteiger partial charge in [-0.25, -0.2) is 15.8 Å². The van der Waals surface area contributed by atoms with Crippen LogP contribution in [0.2, 0.25) is 0 Å². The second-order valence-corrected chi connectivity index (χ2v) is 3.97. The predicted molar refractivity (Wildman–Crippen MR) is 63.8 cm³/mol. The van der Waals surface area contributed by atoms with Crippen LogP contribution in [0, 0.1) is 0 Å². The fraction of sp³-hybridized carbons (Fsp3) is 0.600. The molecule has 2 rings (SSSR count). The van der Waals surface area contributed by atoms with Crippen molar-refractivity contribution in [3.8, 4) is 5.75 Å². The van der Waals surface area contributed by atoms with E-state index in [-0.39, 0.29) is 6.10 Å². The Morgan fingerprint density at radius 1 is 1.59 bits per heavy atom. The average Bonchev–Trinajstić information content (AvgIpc) is 2.37. The number of anilines is 2. The Kier molecular flexibility index (Phi) is 3.60. The molecule has 0 saturated carbocycles. The van der Waals surface area contributed by atoms with Crippen LogP contribution in [0.4, 0.5) is 11.6 Å². The second kappa shape index (κ2) is 5.15. The SMILES string of the molecule is COc1c(NN)ncnc1N1CCCC(O)C1. The van der Waals surface area contributed by atoms with Gasteiger partial charge in [-0.2, -0.15) is 0 Å². The van der Waals surface area contributed by atoms with Crippen molar-refractivity contribution in [2.24, 2.45) is 5.84 Å². The Labute approximate surface area is 99.6 Å². The summed E-state index contributed by atoms with van der Waals surface area (Å²) < 4.78 is 5.27. The summed E-state index contributed by atoms with van der Waals surface area (Å²) in [6.45, 7) is 1.39. The number of hydrogen-bond donors (Lipinski definition) is 3. The lowest BCUT2D eigenvalue weighted by molar-refractivity contribution is 0.153. The van der Waals surface area contributed by atoms with Crippen LogP contribution < -0.4 is 20.9 Å². The van der Waals surface area contributed by atoms with Crippen molar-refractivity contribution in [2.75, 3.05) is 30.5 Å². The fourth-order valence-electron chi connectivity index (χ4n) is 2.03. The van der Waals surface area contributed by atoms with Gasteiger partial charge in [-0.1, -0.05) is 0 Å². The third-order valence-electron chi connectivity index (χ3n) is 2.82. The van der Waals surface area contributed by atoms with E-state index in [9.17, 15) is 5.11 Å². The van der Waals surface area contributed by atoms with Crippen LogP contribution in [0.25, 0.3) is 0 Å². The van der Waals surface area contributed by atoms with Crippen molar-refractivity contribution in [1.82, 2.24) is 9.97 Å². The van der Waals surface area contributed by atoms with Gasteiger partial charge in [0.05, 0.1) is 13.2 Å². The molecule has 1 aliphatic heterocycles. The van der Waals surface area contributed by atoms with Gasteiger partial charge in [0.25, 0.3) is 0 Å². The van der Waals surface area contributed by atoms with E-state index in [2.05, 4.69) is 15.4 Å². The number of piperidine rings is 1. The van der Waals surface area contributed by atoms with Gasteiger partial charge in [0.15, 0.2) is 11.6 Å². The highest BCUT2D eigenvalue weighted by molar-refractivity contribution is 5.64. The molecule has 4 N–H and O–H groups in total. The molecular formula is C10H17N5O2. The molecule has 2 heterocycles. The number of aromatic nitrogens is 2. The molecule has 1 aromatic heterocycles. The molecule has 0 amide bonds. The number of nitrogens with zero attached hydrogens (tertiary/aromatic N) is 3. The van der Waals surface area contributed by atoms with E-state index >= 15 is 0 Å². The van der Waals surface area contributed by atoms with E-state index in [1.165, 1.54) is 6.33 Å². The van der Waals surface area contributed by atoms with Crippen LogP contribution in [0.15, 0.2) is 6.33 Å². The standard InChI is InChI=1S/C10H17N5O2/c1-17-8-9(14-11)12-6-13-10(8)15-4-2-3-7(16)5-15/h6-7,16H,2-5,11H2,1H3,(H,12,13,14). The smallest absolute Gasteiger partial charge is 0.205 e. The Hall–Kier alpha value is -1.60. The number of nitrogens with two attached hydrogens (primary N) is 1. The monoisotopic (exact) mass is 239 g/mol. The average molecular weight is 239 g/mol. The molecule has 0 aromatic carbocycles. The molecule has 0 radical (unpaired) electrons. The van der Waals surface area contributed by atoms with Crippen LogP contribution in [0.5, 0.6) is 5.75 Å². The highest BCUT2D eigenvalue weighted by Gasteiger charge is 2.23. The zero-order valence-corrected chi connectivity index (χ0v) is 9.76. The van der Waals surface area contributed by atoms with Crippen molar-refractivity contribution >= 4 is 11.6 Å². The summed E-state index contributed by atoms with van der Waals surface area (Å²) in [4.78, 5) is 10.2. The van der Waals surface area contributed by atoms with Gasteiger partial charge in [-0.3, -0.25) is 0 Å². The van der Waals surface area contributed by atoms with Crippen molar-refractivity contribution < 1.29 is 9.84 Å². The van der Waals surface area contributed by atoms with Crippen LogP contribution in [-0.2, 0) is 0 Å². The summed E-state index contributed by atoms with van der Waals surface area (Å²) in [7, 11) is 1.55. The van der Waals surface area contributed by atoms with Crippen molar-refractivity contribution in [1.29, 1.82) is 0 Å². The summed E-state index contributed by atoms with van der Waals surface area (Å²) in [5.41, 5.74) is 2.47. The lowest BCUT2D eigenvalue weighted by atomic mass is 10.1. The molecule has 1 atom stereocenters. The zero-order chi connectivity index (χ0) is 12.3. The summed E-state index contributed by atoms with van der Waals surface area (Å²) >= 11 is 0. The Morgan fingerprint density at radius 3 is 3.06 bits per heavy atom. The lowest BCUT2D eigenvalue weighted by Gasteiger charge is -2.31. The first-order chi connectivity index (χ1) is 8.26. The number of hydrogen-bond acceptors (Lipinski definition) is 7. The van der Waals surface area contributed by atoms with Gasteiger partial charge in [0.1, 0.15) is 6.33 Å². The number of aliphatic hydroxyl groups is 1. The first kappa shape index (κ1) is 11.9. The maximum absolute atomic E-state index is 9.66. The normalized spacial score (nSPS) is 20.2. The quantitative estimate of drug-likeness (QED) is 0.493. The van der Waals surface area contributed by atoms with E-state index in [1.54, 1.807) is 7.11 Å². The number of nitrogens with one attached hydrogen (secondary N) is 1. The Bertz CT molecular complexity index is 387. The molecule has 1 saturated heterocycles. The summed E-state index contributed by atoms with van der Waals surface area (Å²) in [6.07, 6.45) is 2.86. The number of nitrogen functional groups attached to an aromatic ring is 1. The van der Waals surface area contributed by atoms with Crippen LogP contribution in [0.3, 0.4) is 0 Å². The molecule has 1 aliphatic rings. The minimum atomic E-state index is -0.322. The summed E-state index contributed by atoms with van der Waals surface area (Å²) in [6, 6.07) is 0. The Balaban J connectivity index is 2.30. The number of methoxy groups -OCH3 is 1. The number of β-amino-alcohol motifs (C(OH)–C–C–N with tert-alkyl or cyclic N) is 1. The van der Waals surface area contributed by atoms with Crippen LogP contribution >= 0.6 is 0 Å². The maximum atomic E-state index is 9.66. The zero-order valence-electron chi connectivity index (χ0n) is 9.76. The van der Waals surface area contributed by atoms with E-state index in [1.807, 2.05) is 4.90 Å². The molecule has 17 heavy (non-hydrogen) atoms. The molecular weight excluding hydrogens is 222 g/mol. The minimum Gasteiger partial charge on any atom is -0.490 e. The van der Waals surface area contributed by atoms with Crippen molar-refractivity contribution in [2.45, 2.75) is 18.9 Å². The number of aliphatic hydroxyl groups excluding tert-OH is 1. The van der Waals surface area contributed by atoms with Gasteiger partial charge < -0.3 is 20.2 Å². The highest BCUT2D eigenvalue weighted by Crippen LogP contribution is 2.32. The van der Waals surface area contributed by atoms with Crippen molar-refractivity contribution in [3.05, 3.63) is 6.33 Å². The molecule has 7 nitrogen and oxygen atoms in total. The molecule has 1 fully saturated rings. The van der Waals surface area contributed by atoms with E-state index < -0.39 is 0 Å². The number of rotatable bonds is 3. The Morgan fingerprint density at radius 2 is 2.41 bits per heavy atom. The van der Waals surface area contributed by atoms with Gasteiger partial charge in [0, 0.05) is 13.1 Å². The molecule has 1 unspecified atom stereocenters. The summed E-state index contributed by atoms with van der Waals surface area (Å²) in [5, 5.41) is 9.66. The number of ether oxygens (including phenoxy) is 1. The molecule has 0 spiro atoms. The van der Waals surface area contributed by atoms with E-state index in [0.717, 1.165) is 19.4 Å². The largest absolute Gasteiger partial charge is 0.490 e. The fourth-order valence-corrected chi connectivity index (χ4v) is 2.03. The van der Waals surface area contributed by atoms with Gasteiger partial charge in [-0.15, -0.1) is 0 Å². The highest BCUT2D eigenvalue weighted by atomic mass is 16.5. The molecule has 0 bridgehead atoms. The lowest BCUT2D eigenvalue weighted by Crippen LogP contribution is -2.39. The second-order valence-electron chi connectivity index (χ2n) is 3.97. The molecule has 0 aliphatic carbocycles. The molecule has 94 valence electrons. The van der Waals surface area contributed by atoms with Crippen LogP contribution in [0.1, 0.15) is 12.8 Å². The third kappa shape index (κ3) is 2.40. The van der Waals surface area contributed by atoms with Gasteiger partial charge in [0.2, 0.25) is 5.75 Å². The third-order valence-corrected chi connectivity index (χ3v) is 2.82. The summed E-state index contributed by atoms with van der Waals surface area (Å²) in [5.74, 6) is 6.97. The first-order valence-electron chi connectivity index (χ1n) is 5.55. The predicted octanol–water partition coefficient (Wildman–Crippen LogP) is -0.268. The van der Waals surface area contributed by atoms with Gasteiger partial charge in [-0.05, 0) is 12.8 Å². The van der Waals surface area contributed by atoms with Crippen molar-refractivity contribution in [3.63, 3.8) is 0 Å². The van der Waals surface area contributed by atoms with Crippen LogP contribution in [-0.4, -0.2) is 41.4 Å². The van der Waals surface area contributed by atoms with E-state index in [0.29, 0.717) is 23.9 Å². The van der Waals surface area contributed by atoms with E-state index in [4.69, 9.17) is 10.6 Å². The molecule has 1 aromatic rings. The minimum absolute atomic E-state index is 0.322. The molecule has 7 heteroatoms. The topological polar surface area (TPSA) is 96.5 Å². The van der Waals surface area contributed by atoms with Gasteiger partial charge >= 0.3 is 0 Å². The maximum Gasteiger partial charge on any atom is 0.205 e.